The van der Waals surface area contributed by atoms with E-state index >= 15 is 0 Å². The number of benzene rings is 1. The number of thiophene rings is 1. The highest BCUT2D eigenvalue weighted by Gasteiger charge is 2.25. The fourth-order valence-electron chi connectivity index (χ4n) is 3.02. The Hall–Kier alpha value is -1.85. The number of methoxy groups -OCH3 is 1. The number of anilines is 1. The van der Waals surface area contributed by atoms with Crippen LogP contribution in [0.25, 0.3) is 10.4 Å². The van der Waals surface area contributed by atoms with Crippen LogP contribution in [0.4, 0.5) is 5.69 Å². The van der Waals surface area contributed by atoms with Crippen molar-refractivity contribution < 1.29 is 9.53 Å². The maximum absolute atomic E-state index is 12.2. The van der Waals surface area contributed by atoms with Gasteiger partial charge in [0.15, 0.2) is 0 Å². The Bertz CT molecular complexity index is 663. The molecule has 2 aromatic rings. The molecule has 1 N–H and O–H groups in total. The van der Waals surface area contributed by atoms with Crippen LogP contribution in [0.3, 0.4) is 0 Å². The number of hydrogen-bond acceptors (Lipinski definition) is 5. The van der Waals surface area contributed by atoms with Gasteiger partial charge in [-0.05, 0) is 37.6 Å². The number of carbonyl (C=O) groups is 1. The van der Waals surface area contributed by atoms with Gasteiger partial charge in [-0.15, -0.1) is 11.3 Å². The molecule has 0 spiro atoms. The summed E-state index contributed by atoms with van der Waals surface area (Å²) in [5.74, 6) is -0.257. The molecule has 3 rings (SSSR count). The van der Waals surface area contributed by atoms with E-state index in [-0.39, 0.29) is 5.97 Å². The van der Waals surface area contributed by atoms with Crippen LogP contribution in [-0.4, -0.2) is 39.3 Å². The second-order valence-electron chi connectivity index (χ2n) is 5.77. The molecule has 1 aromatic carbocycles. The van der Waals surface area contributed by atoms with Gasteiger partial charge in [-0.1, -0.05) is 30.3 Å². The Morgan fingerprint density at radius 3 is 2.61 bits per heavy atom. The zero-order chi connectivity index (χ0) is 16.2. The minimum atomic E-state index is -0.257. The van der Waals surface area contributed by atoms with Gasteiger partial charge in [0.05, 0.1) is 12.8 Å². The predicted octanol–water partition coefficient (Wildman–Crippen LogP) is 3.39. The second kappa shape index (κ2) is 7.15. The van der Waals surface area contributed by atoms with Crippen LogP contribution in [-0.2, 0) is 4.74 Å². The first-order valence-electron chi connectivity index (χ1n) is 7.92. The number of ether oxygens (including phenoxy) is 1. The largest absolute Gasteiger partial charge is 0.465 e. The molecule has 23 heavy (non-hydrogen) atoms. The molecule has 1 aromatic heterocycles. The summed E-state index contributed by atoms with van der Waals surface area (Å²) in [7, 11) is 3.53. The van der Waals surface area contributed by atoms with Gasteiger partial charge < -0.3 is 15.0 Å². The highest BCUT2D eigenvalue weighted by atomic mass is 32.1. The van der Waals surface area contributed by atoms with E-state index in [0.717, 1.165) is 42.1 Å². The van der Waals surface area contributed by atoms with Crippen molar-refractivity contribution in [2.75, 3.05) is 32.1 Å². The molecule has 1 fully saturated rings. The van der Waals surface area contributed by atoms with E-state index in [9.17, 15) is 4.79 Å². The fraction of sp³-hybridized carbons (Fsp3) is 0.389. The van der Waals surface area contributed by atoms with Crippen molar-refractivity contribution in [3.63, 3.8) is 0 Å². The van der Waals surface area contributed by atoms with Gasteiger partial charge in [-0.3, -0.25) is 0 Å². The van der Waals surface area contributed by atoms with E-state index in [0.29, 0.717) is 10.9 Å². The maximum atomic E-state index is 12.2. The lowest BCUT2D eigenvalue weighted by Crippen LogP contribution is -2.41. The quantitative estimate of drug-likeness (QED) is 0.873. The minimum absolute atomic E-state index is 0.257. The van der Waals surface area contributed by atoms with E-state index < -0.39 is 0 Å². The second-order valence-corrected chi connectivity index (χ2v) is 6.83. The van der Waals surface area contributed by atoms with Crippen LogP contribution in [0, 0.1) is 0 Å². The predicted molar refractivity (Wildman–Crippen MR) is 95.4 cm³/mol. The van der Waals surface area contributed by atoms with Crippen LogP contribution in [0.2, 0.25) is 0 Å². The first kappa shape index (κ1) is 16.0. The van der Waals surface area contributed by atoms with Crippen molar-refractivity contribution in [1.29, 1.82) is 0 Å². The van der Waals surface area contributed by atoms with Gasteiger partial charge in [0, 0.05) is 18.0 Å². The molecule has 1 aliphatic heterocycles. The lowest BCUT2D eigenvalue weighted by molar-refractivity contribution is 0.0607. The summed E-state index contributed by atoms with van der Waals surface area (Å²) in [4.78, 5) is 16.2. The molecule has 0 amide bonds. The zero-order valence-corrected chi connectivity index (χ0v) is 14.4. The van der Waals surface area contributed by atoms with Crippen LogP contribution in [0.1, 0.15) is 22.5 Å². The minimum Gasteiger partial charge on any atom is -0.465 e. The molecule has 1 aliphatic rings. The molecule has 2 heterocycles. The van der Waals surface area contributed by atoms with Gasteiger partial charge in [0.1, 0.15) is 4.88 Å². The van der Waals surface area contributed by atoms with E-state index in [1.54, 1.807) is 0 Å². The van der Waals surface area contributed by atoms with Crippen molar-refractivity contribution >= 4 is 23.0 Å². The van der Waals surface area contributed by atoms with Gasteiger partial charge in [-0.2, -0.15) is 0 Å². The summed E-state index contributed by atoms with van der Waals surface area (Å²) in [5.41, 5.74) is 2.11. The molecular formula is C18H22N2O2S. The number of rotatable bonds is 4. The highest BCUT2D eigenvalue weighted by Crippen LogP contribution is 2.38. The van der Waals surface area contributed by atoms with Gasteiger partial charge >= 0.3 is 5.97 Å². The number of esters is 1. The molecular weight excluding hydrogens is 308 g/mol. The summed E-state index contributed by atoms with van der Waals surface area (Å²) in [6.07, 6.45) is 2.18. The van der Waals surface area contributed by atoms with E-state index in [1.807, 2.05) is 18.2 Å². The topological polar surface area (TPSA) is 41.6 Å². The van der Waals surface area contributed by atoms with Crippen molar-refractivity contribution in [2.24, 2.45) is 0 Å². The average Bonchev–Trinajstić information content (AvgIpc) is 3.07. The molecule has 0 bridgehead atoms. The summed E-state index contributed by atoms with van der Waals surface area (Å²) < 4.78 is 5.00. The average molecular weight is 330 g/mol. The SMILES string of the molecule is COC(=O)c1sc(-c2ccccc2)cc1N(C)C1CCNCC1. The Kier molecular flexibility index (Phi) is 4.98. The van der Waals surface area contributed by atoms with Gasteiger partial charge in [0.25, 0.3) is 0 Å². The van der Waals surface area contributed by atoms with Gasteiger partial charge in [0.2, 0.25) is 0 Å². The standard InChI is InChI=1S/C18H22N2O2S/c1-20(14-8-10-19-11-9-14)15-12-16(13-6-4-3-5-7-13)23-17(15)18(21)22-2/h3-7,12,14,19H,8-11H2,1-2H3. The normalized spacial score (nSPS) is 15.4. The van der Waals surface area contributed by atoms with Crippen LogP contribution < -0.4 is 10.2 Å². The Morgan fingerprint density at radius 2 is 1.96 bits per heavy atom. The molecule has 0 atom stereocenters. The third-order valence-electron chi connectivity index (χ3n) is 4.38. The Labute approximate surface area is 141 Å². The lowest BCUT2D eigenvalue weighted by atomic mass is 10.0. The molecule has 0 radical (unpaired) electrons. The summed E-state index contributed by atoms with van der Waals surface area (Å²) >= 11 is 1.51. The van der Waals surface area contributed by atoms with E-state index in [2.05, 4.69) is 35.5 Å². The number of piperidine rings is 1. The van der Waals surface area contributed by atoms with Crippen LogP contribution in [0.5, 0.6) is 0 Å². The molecule has 122 valence electrons. The van der Waals surface area contributed by atoms with Crippen molar-refractivity contribution in [1.82, 2.24) is 5.32 Å². The number of nitrogens with zero attached hydrogens (tertiary/aromatic N) is 1. The molecule has 1 saturated heterocycles. The highest BCUT2D eigenvalue weighted by molar-refractivity contribution is 7.18. The van der Waals surface area contributed by atoms with E-state index in [1.165, 1.54) is 18.4 Å². The van der Waals surface area contributed by atoms with Crippen molar-refractivity contribution in [3.05, 3.63) is 41.3 Å². The fourth-order valence-corrected chi connectivity index (χ4v) is 4.14. The van der Waals surface area contributed by atoms with Crippen molar-refractivity contribution in [3.8, 4) is 10.4 Å². The molecule has 4 nitrogen and oxygen atoms in total. The Balaban J connectivity index is 1.96. The smallest absolute Gasteiger partial charge is 0.350 e. The Morgan fingerprint density at radius 1 is 1.26 bits per heavy atom. The molecule has 0 aliphatic carbocycles. The first-order valence-corrected chi connectivity index (χ1v) is 8.73. The molecule has 0 saturated carbocycles. The monoisotopic (exact) mass is 330 g/mol. The van der Waals surface area contributed by atoms with Crippen molar-refractivity contribution in [2.45, 2.75) is 18.9 Å². The maximum Gasteiger partial charge on any atom is 0.350 e. The van der Waals surface area contributed by atoms with Crippen LogP contribution in [0.15, 0.2) is 36.4 Å². The molecule has 5 heteroatoms. The lowest BCUT2D eigenvalue weighted by Gasteiger charge is -2.33. The number of hydrogen-bond donors (Lipinski definition) is 1. The summed E-state index contributed by atoms with van der Waals surface area (Å²) in [6, 6.07) is 12.8. The van der Waals surface area contributed by atoms with E-state index in [4.69, 9.17) is 4.74 Å². The first-order chi connectivity index (χ1) is 11.2. The third kappa shape index (κ3) is 3.41. The zero-order valence-electron chi connectivity index (χ0n) is 13.5. The number of carbonyl (C=O) groups excluding carboxylic acids is 1. The molecule has 0 unspecified atom stereocenters. The summed E-state index contributed by atoms with van der Waals surface area (Å²) in [6.45, 7) is 2.05. The van der Waals surface area contributed by atoms with Crippen LogP contribution >= 0.6 is 11.3 Å². The third-order valence-corrected chi connectivity index (χ3v) is 5.53. The summed E-state index contributed by atoms with van der Waals surface area (Å²) in [5, 5.41) is 3.38. The van der Waals surface area contributed by atoms with Gasteiger partial charge in [-0.25, -0.2) is 4.79 Å². The number of nitrogens with one attached hydrogen (secondary N) is 1.